The third-order valence-corrected chi connectivity index (χ3v) is 3.33. The molecule has 25 heavy (non-hydrogen) atoms. The van der Waals surface area contributed by atoms with Crippen LogP contribution in [-0.4, -0.2) is 54.7 Å². The molecule has 0 spiro atoms. The molecule has 1 unspecified atom stereocenters. The van der Waals surface area contributed by atoms with Crippen LogP contribution in [0.15, 0.2) is 42.5 Å². The molecule has 0 saturated heterocycles. The summed E-state index contributed by atoms with van der Waals surface area (Å²) in [6.45, 7) is 1.22. The van der Waals surface area contributed by atoms with Crippen LogP contribution in [0, 0.1) is 0 Å². The molecule has 0 bridgehead atoms. The number of nitrogens with one attached hydrogen (secondary N) is 1. The van der Waals surface area contributed by atoms with Crippen LogP contribution in [0.5, 0.6) is 17.5 Å². The maximum Gasteiger partial charge on any atom is 0.260 e. The molecular weight excluding hydrogens is 324 g/mol. The zero-order chi connectivity index (χ0) is 17.9. The molecule has 2 rings (SSSR count). The summed E-state index contributed by atoms with van der Waals surface area (Å²) in [4.78, 5) is 4.29. The first-order chi connectivity index (χ1) is 12.2. The Balaban J connectivity index is 1.91. The predicted molar refractivity (Wildman–Crippen MR) is 93.0 cm³/mol. The molecule has 2 aromatic rings. The van der Waals surface area contributed by atoms with E-state index in [9.17, 15) is 5.11 Å². The van der Waals surface area contributed by atoms with Crippen molar-refractivity contribution in [3.63, 3.8) is 0 Å². The van der Waals surface area contributed by atoms with Crippen molar-refractivity contribution in [1.82, 2.24) is 10.3 Å². The van der Waals surface area contributed by atoms with Gasteiger partial charge in [0.1, 0.15) is 19.3 Å². The molecular formula is C18H24N2O5. The number of methoxy groups -OCH3 is 1. The van der Waals surface area contributed by atoms with Crippen LogP contribution < -0.4 is 19.5 Å². The second kappa shape index (κ2) is 10.5. The van der Waals surface area contributed by atoms with Crippen molar-refractivity contribution in [2.45, 2.75) is 12.7 Å². The first-order valence-corrected chi connectivity index (χ1v) is 8.07. The monoisotopic (exact) mass is 348 g/mol. The zero-order valence-corrected chi connectivity index (χ0v) is 14.2. The lowest BCUT2D eigenvalue weighted by Crippen LogP contribution is -2.33. The van der Waals surface area contributed by atoms with E-state index in [4.69, 9.17) is 19.3 Å². The van der Waals surface area contributed by atoms with E-state index in [2.05, 4.69) is 10.3 Å². The minimum Gasteiger partial charge on any atom is -0.491 e. The number of hydrogen-bond acceptors (Lipinski definition) is 7. The van der Waals surface area contributed by atoms with E-state index in [-0.39, 0.29) is 13.2 Å². The van der Waals surface area contributed by atoms with Gasteiger partial charge in [-0.1, -0.05) is 30.3 Å². The van der Waals surface area contributed by atoms with Crippen LogP contribution >= 0.6 is 0 Å². The van der Waals surface area contributed by atoms with Crippen molar-refractivity contribution in [3.05, 3.63) is 48.0 Å². The van der Waals surface area contributed by atoms with Crippen molar-refractivity contribution < 1.29 is 24.4 Å². The molecule has 1 aromatic carbocycles. The fraction of sp³-hybridized carbons (Fsp3) is 0.389. The Morgan fingerprint density at radius 3 is 2.64 bits per heavy atom. The molecule has 1 aromatic heterocycles. The number of aliphatic hydroxyl groups is 2. The lowest BCUT2D eigenvalue weighted by atomic mass is 10.2. The SMILES string of the molecule is COc1ccc(OCC(O)CNCCO)nc1OCc1ccccc1. The molecule has 7 heteroatoms. The molecule has 3 N–H and O–H groups in total. The van der Waals surface area contributed by atoms with E-state index >= 15 is 0 Å². The van der Waals surface area contributed by atoms with Crippen LogP contribution in [0.1, 0.15) is 5.56 Å². The Hall–Kier alpha value is -2.35. The van der Waals surface area contributed by atoms with Gasteiger partial charge < -0.3 is 29.7 Å². The highest BCUT2D eigenvalue weighted by atomic mass is 16.5. The quantitative estimate of drug-likeness (QED) is 0.522. The molecule has 0 aliphatic carbocycles. The molecule has 1 heterocycles. The third kappa shape index (κ3) is 6.58. The standard InChI is InChI=1S/C18H24N2O5/c1-23-16-7-8-17(24-13-15(22)11-19-9-10-21)20-18(16)25-12-14-5-3-2-4-6-14/h2-8,15,19,21-22H,9-13H2,1H3. The summed E-state index contributed by atoms with van der Waals surface area (Å²) in [5, 5.41) is 21.4. The Bertz CT molecular complexity index is 624. The Morgan fingerprint density at radius 2 is 1.92 bits per heavy atom. The van der Waals surface area contributed by atoms with Gasteiger partial charge in [0.2, 0.25) is 5.88 Å². The average molecular weight is 348 g/mol. The van der Waals surface area contributed by atoms with Crippen LogP contribution in [0.25, 0.3) is 0 Å². The second-order valence-corrected chi connectivity index (χ2v) is 5.32. The Morgan fingerprint density at radius 1 is 1.12 bits per heavy atom. The van der Waals surface area contributed by atoms with Gasteiger partial charge in [-0.2, -0.15) is 4.98 Å². The van der Waals surface area contributed by atoms with E-state index in [1.165, 1.54) is 0 Å². The summed E-state index contributed by atoms with van der Waals surface area (Å²) in [6.07, 6.45) is -0.705. The predicted octanol–water partition coefficient (Wildman–Crippen LogP) is 0.991. The van der Waals surface area contributed by atoms with E-state index < -0.39 is 6.10 Å². The zero-order valence-electron chi connectivity index (χ0n) is 14.2. The third-order valence-electron chi connectivity index (χ3n) is 3.33. The molecule has 136 valence electrons. The lowest BCUT2D eigenvalue weighted by Gasteiger charge is -2.14. The minimum atomic E-state index is -0.705. The maximum atomic E-state index is 9.81. The number of benzene rings is 1. The minimum absolute atomic E-state index is 0.0235. The van der Waals surface area contributed by atoms with Gasteiger partial charge in [0, 0.05) is 19.2 Å². The summed E-state index contributed by atoms with van der Waals surface area (Å²) in [6, 6.07) is 13.1. The van der Waals surface area contributed by atoms with E-state index in [1.807, 2.05) is 30.3 Å². The second-order valence-electron chi connectivity index (χ2n) is 5.32. The maximum absolute atomic E-state index is 9.81. The average Bonchev–Trinajstić information content (AvgIpc) is 2.66. The number of aromatic nitrogens is 1. The molecule has 0 radical (unpaired) electrons. The fourth-order valence-electron chi connectivity index (χ4n) is 2.06. The van der Waals surface area contributed by atoms with Gasteiger partial charge in [-0.05, 0) is 11.6 Å². The normalized spacial score (nSPS) is 11.8. The topological polar surface area (TPSA) is 93.1 Å². The highest BCUT2D eigenvalue weighted by molar-refractivity contribution is 5.36. The van der Waals surface area contributed by atoms with Gasteiger partial charge in [0.05, 0.1) is 13.7 Å². The van der Waals surface area contributed by atoms with E-state index in [1.54, 1.807) is 19.2 Å². The summed E-state index contributed by atoms with van der Waals surface area (Å²) >= 11 is 0. The van der Waals surface area contributed by atoms with Gasteiger partial charge in [-0.15, -0.1) is 0 Å². The highest BCUT2D eigenvalue weighted by Crippen LogP contribution is 2.28. The number of pyridine rings is 1. The molecule has 0 amide bonds. The van der Waals surface area contributed by atoms with Gasteiger partial charge >= 0.3 is 0 Å². The molecule has 0 aliphatic rings. The summed E-state index contributed by atoms with van der Waals surface area (Å²) in [7, 11) is 1.55. The van der Waals surface area contributed by atoms with Crippen molar-refractivity contribution >= 4 is 0 Å². The van der Waals surface area contributed by atoms with Gasteiger partial charge in [0.15, 0.2) is 5.75 Å². The summed E-state index contributed by atoms with van der Waals surface area (Å²) in [5.74, 6) is 1.18. The lowest BCUT2D eigenvalue weighted by molar-refractivity contribution is 0.102. The number of nitrogens with zero attached hydrogens (tertiary/aromatic N) is 1. The summed E-state index contributed by atoms with van der Waals surface area (Å²) in [5.41, 5.74) is 1.02. The van der Waals surface area contributed by atoms with Gasteiger partial charge in [-0.25, -0.2) is 0 Å². The Labute approximate surface area is 147 Å². The van der Waals surface area contributed by atoms with Crippen molar-refractivity contribution in [1.29, 1.82) is 0 Å². The van der Waals surface area contributed by atoms with Crippen LogP contribution in [-0.2, 0) is 6.61 Å². The number of aliphatic hydroxyl groups excluding tert-OH is 2. The number of rotatable bonds is 11. The van der Waals surface area contributed by atoms with Crippen LogP contribution in [0.4, 0.5) is 0 Å². The molecule has 1 atom stereocenters. The number of ether oxygens (including phenoxy) is 3. The molecule has 7 nitrogen and oxygen atoms in total. The van der Waals surface area contributed by atoms with Crippen molar-refractivity contribution in [2.75, 3.05) is 33.4 Å². The first kappa shape index (κ1) is 19.0. The summed E-state index contributed by atoms with van der Waals surface area (Å²) < 4.78 is 16.5. The molecule has 0 aliphatic heterocycles. The van der Waals surface area contributed by atoms with Crippen LogP contribution in [0.3, 0.4) is 0 Å². The smallest absolute Gasteiger partial charge is 0.260 e. The molecule has 0 saturated carbocycles. The van der Waals surface area contributed by atoms with E-state index in [0.29, 0.717) is 37.2 Å². The van der Waals surface area contributed by atoms with Gasteiger partial charge in [-0.3, -0.25) is 0 Å². The van der Waals surface area contributed by atoms with E-state index in [0.717, 1.165) is 5.56 Å². The largest absolute Gasteiger partial charge is 0.491 e. The number of hydrogen-bond donors (Lipinski definition) is 3. The van der Waals surface area contributed by atoms with Crippen molar-refractivity contribution in [3.8, 4) is 17.5 Å². The van der Waals surface area contributed by atoms with Crippen LogP contribution in [0.2, 0.25) is 0 Å². The highest BCUT2D eigenvalue weighted by Gasteiger charge is 2.11. The van der Waals surface area contributed by atoms with Gasteiger partial charge in [0.25, 0.3) is 5.88 Å². The Kier molecular flexibility index (Phi) is 7.97. The first-order valence-electron chi connectivity index (χ1n) is 8.07. The molecule has 0 fully saturated rings. The fourth-order valence-corrected chi connectivity index (χ4v) is 2.06. The van der Waals surface area contributed by atoms with Crippen molar-refractivity contribution in [2.24, 2.45) is 0 Å².